The highest BCUT2D eigenvalue weighted by molar-refractivity contribution is 6.00. The van der Waals surface area contributed by atoms with Crippen LogP contribution in [0.25, 0.3) is 11.3 Å². The number of aryl methyl sites for hydroxylation is 2. The van der Waals surface area contributed by atoms with Crippen LogP contribution in [0.3, 0.4) is 0 Å². The lowest BCUT2D eigenvalue weighted by Crippen LogP contribution is -2.31. The Morgan fingerprint density at radius 1 is 1.03 bits per heavy atom. The molecule has 0 saturated carbocycles. The van der Waals surface area contributed by atoms with E-state index in [2.05, 4.69) is 17.1 Å². The average Bonchev–Trinajstić information content (AvgIpc) is 3.49. The van der Waals surface area contributed by atoms with Gasteiger partial charge in [-0.05, 0) is 79.3 Å². The van der Waals surface area contributed by atoms with Gasteiger partial charge in [-0.1, -0.05) is 43.7 Å². The van der Waals surface area contributed by atoms with Crippen molar-refractivity contribution in [2.45, 2.75) is 46.1 Å². The molecule has 0 bridgehead atoms. The lowest BCUT2D eigenvalue weighted by Gasteiger charge is -2.27. The summed E-state index contributed by atoms with van der Waals surface area (Å²) in [5.41, 5.74) is 6.34. The minimum Gasteiger partial charge on any atom is -0.507 e. The van der Waals surface area contributed by atoms with Crippen LogP contribution in [-0.2, 0) is 6.42 Å². The van der Waals surface area contributed by atoms with Gasteiger partial charge in [0.15, 0.2) is 0 Å². The van der Waals surface area contributed by atoms with Crippen LogP contribution in [0, 0.1) is 13.8 Å². The number of hydrogen-bond donors (Lipinski definition) is 2. The maximum atomic E-state index is 13.8. The van der Waals surface area contributed by atoms with Crippen molar-refractivity contribution in [3.63, 3.8) is 0 Å². The van der Waals surface area contributed by atoms with E-state index in [-0.39, 0.29) is 17.7 Å². The summed E-state index contributed by atoms with van der Waals surface area (Å²) in [5, 5.41) is 18.5. The number of carbonyl (C=O) groups excluding carboxylic acids is 1. The number of nitrogens with zero attached hydrogens (tertiary/aromatic N) is 2. The highest BCUT2D eigenvalue weighted by atomic mass is 16.5. The minimum atomic E-state index is -0.357. The first-order chi connectivity index (χ1) is 18.9. The fraction of sp³-hybridized carbons (Fsp3) is 0.312. The van der Waals surface area contributed by atoms with E-state index in [1.807, 2.05) is 79.4 Å². The summed E-state index contributed by atoms with van der Waals surface area (Å²) in [6.45, 7) is 7.19. The standard InChI is InChI=1S/C32H35N3O4/c1-5-6-17-39-25-13-9-23(10-14-25)30-27-28(26-19-20(2)18-21(3)31(26)36)33-34-29(27)32(37)35(30)16-15-22-7-11-24(38-4)12-8-22/h7-14,18-19,30,36H,5-6,15-17H2,1-4H3,(H,33,34). The molecule has 0 saturated heterocycles. The molecule has 4 aromatic rings. The number of unbranched alkanes of at least 4 members (excludes halogenated alkanes) is 1. The lowest BCUT2D eigenvalue weighted by atomic mass is 9.94. The highest BCUT2D eigenvalue weighted by Crippen LogP contribution is 2.45. The van der Waals surface area contributed by atoms with Crippen molar-refractivity contribution < 1.29 is 19.4 Å². The number of aromatic amines is 1. The molecule has 1 aliphatic rings. The van der Waals surface area contributed by atoms with Gasteiger partial charge in [-0.2, -0.15) is 5.10 Å². The number of methoxy groups -OCH3 is 1. The summed E-state index contributed by atoms with van der Waals surface area (Å²) >= 11 is 0. The number of aromatic nitrogens is 2. The van der Waals surface area contributed by atoms with Gasteiger partial charge in [-0.3, -0.25) is 9.89 Å². The Morgan fingerprint density at radius 2 is 1.74 bits per heavy atom. The van der Waals surface area contributed by atoms with Gasteiger partial charge < -0.3 is 19.5 Å². The van der Waals surface area contributed by atoms with Crippen molar-refractivity contribution in [3.05, 3.63) is 94.2 Å². The Kier molecular flexibility index (Phi) is 7.59. The zero-order valence-corrected chi connectivity index (χ0v) is 23.0. The molecule has 3 aromatic carbocycles. The molecule has 1 atom stereocenters. The van der Waals surface area contributed by atoms with Crippen LogP contribution in [0.5, 0.6) is 17.2 Å². The quantitative estimate of drug-likeness (QED) is 0.235. The molecule has 0 radical (unpaired) electrons. The zero-order valence-electron chi connectivity index (χ0n) is 23.0. The number of phenols is 1. The fourth-order valence-electron chi connectivity index (χ4n) is 5.24. The molecule has 1 unspecified atom stereocenters. The number of fused-ring (bicyclic) bond motifs is 1. The van der Waals surface area contributed by atoms with Crippen LogP contribution in [0.2, 0.25) is 0 Å². The molecule has 1 aliphatic heterocycles. The molecule has 39 heavy (non-hydrogen) atoms. The van der Waals surface area contributed by atoms with E-state index in [1.54, 1.807) is 7.11 Å². The molecule has 1 amide bonds. The molecule has 202 valence electrons. The summed E-state index contributed by atoms with van der Waals surface area (Å²) in [7, 11) is 1.65. The third-order valence-corrected chi connectivity index (χ3v) is 7.33. The zero-order chi connectivity index (χ0) is 27.5. The van der Waals surface area contributed by atoms with E-state index in [9.17, 15) is 9.90 Å². The minimum absolute atomic E-state index is 0.102. The third kappa shape index (κ3) is 5.21. The van der Waals surface area contributed by atoms with Crippen molar-refractivity contribution in [1.82, 2.24) is 15.1 Å². The summed E-state index contributed by atoms with van der Waals surface area (Å²) < 4.78 is 11.2. The van der Waals surface area contributed by atoms with Crippen LogP contribution >= 0.6 is 0 Å². The van der Waals surface area contributed by atoms with Crippen LogP contribution in [0.1, 0.15) is 64.1 Å². The van der Waals surface area contributed by atoms with E-state index in [4.69, 9.17) is 9.47 Å². The van der Waals surface area contributed by atoms with Gasteiger partial charge >= 0.3 is 0 Å². The number of H-pyrrole nitrogens is 1. The van der Waals surface area contributed by atoms with Crippen molar-refractivity contribution in [3.8, 4) is 28.5 Å². The van der Waals surface area contributed by atoms with Gasteiger partial charge in [0.25, 0.3) is 5.91 Å². The normalized spacial score (nSPS) is 14.5. The van der Waals surface area contributed by atoms with Crippen LogP contribution < -0.4 is 9.47 Å². The second-order valence-electron chi connectivity index (χ2n) is 10.1. The van der Waals surface area contributed by atoms with E-state index in [0.29, 0.717) is 36.5 Å². The summed E-state index contributed by atoms with van der Waals surface area (Å²) in [4.78, 5) is 15.6. The van der Waals surface area contributed by atoms with Gasteiger partial charge in [-0.15, -0.1) is 0 Å². The molecule has 0 fully saturated rings. The molecular formula is C32H35N3O4. The van der Waals surface area contributed by atoms with E-state index in [0.717, 1.165) is 52.2 Å². The SMILES string of the molecule is CCCCOc1ccc(C2c3c(-c4cc(C)cc(C)c4O)n[nH]c3C(=O)N2CCc2ccc(OC)cc2)cc1. The molecule has 5 rings (SSSR count). The topological polar surface area (TPSA) is 87.7 Å². The largest absolute Gasteiger partial charge is 0.507 e. The van der Waals surface area contributed by atoms with Gasteiger partial charge in [-0.25, -0.2) is 0 Å². The summed E-state index contributed by atoms with van der Waals surface area (Å²) in [6.07, 6.45) is 2.76. The van der Waals surface area contributed by atoms with Crippen LogP contribution in [0.4, 0.5) is 0 Å². The first kappa shape index (κ1) is 26.4. The maximum absolute atomic E-state index is 13.8. The van der Waals surface area contributed by atoms with Crippen molar-refractivity contribution in [2.75, 3.05) is 20.3 Å². The van der Waals surface area contributed by atoms with Gasteiger partial charge in [0.1, 0.15) is 28.6 Å². The Labute approximate surface area is 229 Å². The molecule has 2 N–H and O–H groups in total. The van der Waals surface area contributed by atoms with E-state index in [1.165, 1.54) is 0 Å². The Hall–Kier alpha value is -4.26. The molecule has 0 spiro atoms. The third-order valence-electron chi connectivity index (χ3n) is 7.33. The van der Waals surface area contributed by atoms with Gasteiger partial charge in [0.2, 0.25) is 0 Å². The van der Waals surface area contributed by atoms with Gasteiger partial charge in [0.05, 0.1) is 19.8 Å². The maximum Gasteiger partial charge on any atom is 0.273 e. The fourth-order valence-corrected chi connectivity index (χ4v) is 5.24. The number of amides is 1. The molecular weight excluding hydrogens is 490 g/mol. The Bertz CT molecular complexity index is 1460. The predicted octanol–water partition coefficient (Wildman–Crippen LogP) is 6.37. The van der Waals surface area contributed by atoms with E-state index < -0.39 is 0 Å². The number of rotatable bonds is 10. The molecule has 1 aromatic heterocycles. The van der Waals surface area contributed by atoms with Gasteiger partial charge in [0, 0.05) is 17.7 Å². The van der Waals surface area contributed by atoms with Crippen LogP contribution in [-0.4, -0.2) is 46.4 Å². The molecule has 2 heterocycles. The first-order valence-electron chi connectivity index (χ1n) is 13.5. The van der Waals surface area contributed by atoms with Crippen molar-refractivity contribution in [2.24, 2.45) is 0 Å². The number of aromatic hydroxyl groups is 1. The number of ether oxygens (including phenoxy) is 2. The number of nitrogens with one attached hydrogen (secondary N) is 1. The molecule has 7 heteroatoms. The number of carbonyl (C=O) groups is 1. The molecule has 0 aliphatic carbocycles. The number of hydrogen-bond acceptors (Lipinski definition) is 5. The number of benzene rings is 3. The average molecular weight is 526 g/mol. The monoisotopic (exact) mass is 525 g/mol. The van der Waals surface area contributed by atoms with E-state index >= 15 is 0 Å². The number of phenolic OH excluding ortho intramolecular Hbond substituents is 1. The predicted molar refractivity (Wildman–Crippen MR) is 152 cm³/mol. The summed E-state index contributed by atoms with van der Waals surface area (Å²) in [5.74, 6) is 1.68. The van der Waals surface area contributed by atoms with Crippen molar-refractivity contribution in [1.29, 1.82) is 0 Å². The lowest BCUT2D eigenvalue weighted by molar-refractivity contribution is 0.0746. The second-order valence-corrected chi connectivity index (χ2v) is 10.1. The Morgan fingerprint density at radius 3 is 2.44 bits per heavy atom. The Balaban J connectivity index is 1.53. The molecule has 7 nitrogen and oxygen atoms in total. The second kappa shape index (κ2) is 11.2. The highest BCUT2D eigenvalue weighted by Gasteiger charge is 2.42. The smallest absolute Gasteiger partial charge is 0.273 e. The summed E-state index contributed by atoms with van der Waals surface area (Å²) in [6, 6.07) is 19.4. The first-order valence-corrected chi connectivity index (χ1v) is 13.5. The van der Waals surface area contributed by atoms with Crippen molar-refractivity contribution >= 4 is 5.91 Å². The van der Waals surface area contributed by atoms with Crippen LogP contribution in [0.15, 0.2) is 60.7 Å².